The van der Waals surface area contributed by atoms with Crippen molar-refractivity contribution in [3.8, 4) is 11.5 Å². The molecule has 0 heterocycles. The number of anilines is 1. The van der Waals surface area contributed by atoms with Gasteiger partial charge in [-0.1, -0.05) is 22.0 Å². The zero-order valence-corrected chi connectivity index (χ0v) is 14.2. The molecular formula is C14H13BrFNO4S. The number of hydrogen-bond acceptors (Lipinski definition) is 4. The van der Waals surface area contributed by atoms with Crippen molar-refractivity contribution in [2.24, 2.45) is 0 Å². The molecule has 0 amide bonds. The predicted molar refractivity (Wildman–Crippen MR) is 84.5 cm³/mol. The van der Waals surface area contributed by atoms with Gasteiger partial charge in [-0.2, -0.15) is 0 Å². The van der Waals surface area contributed by atoms with Gasteiger partial charge >= 0.3 is 0 Å². The summed E-state index contributed by atoms with van der Waals surface area (Å²) in [6, 6.07) is 8.37. The molecule has 0 saturated heterocycles. The normalized spacial score (nSPS) is 11.1. The minimum atomic E-state index is -3.92. The van der Waals surface area contributed by atoms with Crippen LogP contribution in [0.15, 0.2) is 45.8 Å². The Bertz CT molecular complexity index is 795. The highest BCUT2D eigenvalue weighted by Crippen LogP contribution is 2.33. The van der Waals surface area contributed by atoms with Crippen LogP contribution in [0.4, 0.5) is 10.1 Å². The van der Waals surface area contributed by atoms with Gasteiger partial charge in [-0.05, 0) is 18.2 Å². The molecule has 0 saturated carbocycles. The molecule has 0 aromatic heterocycles. The molecule has 0 unspecified atom stereocenters. The van der Waals surface area contributed by atoms with Crippen molar-refractivity contribution < 1.29 is 22.3 Å². The largest absolute Gasteiger partial charge is 0.493 e. The van der Waals surface area contributed by atoms with E-state index in [2.05, 4.69) is 20.7 Å². The van der Waals surface area contributed by atoms with E-state index >= 15 is 0 Å². The minimum Gasteiger partial charge on any atom is -0.493 e. The van der Waals surface area contributed by atoms with Crippen LogP contribution in [0.1, 0.15) is 0 Å². The summed E-state index contributed by atoms with van der Waals surface area (Å²) in [6.07, 6.45) is 0. The lowest BCUT2D eigenvalue weighted by molar-refractivity contribution is 0.353. The van der Waals surface area contributed by atoms with Crippen molar-refractivity contribution in [1.82, 2.24) is 0 Å². The Morgan fingerprint density at radius 1 is 1.09 bits per heavy atom. The average molecular weight is 390 g/mol. The molecular weight excluding hydrogens is 377 g/mol. The lowest BCUT2D eigenvalue weighted by Gasteiger charge is -2.13. The summed E-state index contributed by atoms with van der Waals surface area (Å²) in [4.78, 5) is 0.0102. The smallest absolute Gasteiger partial charge is 0.262 e. The van der Waals surface area contributed by atoms with E-state index in [1.807, 2.05) is 0 Å². The third kappa shape index (κ3) is 3.50. The Morgan fingerprint density at radius 3 is 2.32 bits per heavy atom. The average Bonchev–Trinajstić information content (AvgIpc) is 2.48. The number of rotatable bonds is 5. The van der Waals surface area contributed by atoms with E-state index in [1.54, 1.807) is 12.1 Å². The van der Waals surface area contributed by atoms with Crippen LogP contribution in [0.25, 0.3) is 0 Å². The van der Waals surface area contributed by atoms with Crippen molar-refractivity contribution in [1.29, 1.82) is 0 Å². The number of sulfonamides is 1. The number of halogens is 2. The molecule has 2 aromatic carbocycles. The third-order valence-electron chi connectivity index (χ3n) is 2.82. The molecule has 0 aliphatic carbocycles. The van der Waals surface area contributed by atoms with Gasteiger partial charge in [0.25, 0.3) is 10.0 Å². The van der Waals surface area contributed by atoms with E-state index in [9.17, 15) is 12.8 Å². The van der Waals surface area contributed by atoms with Gasteiger partial charge < -0.3 is 9.47 Å². The molecule has 0 atom stereocenters. The zero-order chi connectivity index (χ0) is 16.3. The first kappa shape index (κ1) is 16.6. The van der Waals surface area contributed by atoms with Crippen LogP contribution in [0.5, 0.6) is 11.5 Å². The number of nitrogens with one attached hydrogen (secondary N) is 1. The SMILES string of the molecule is COc1cc(F)c(NS(=O)(=O)c2cccc(Br)c2)cc1OC. The number of methoxy groups -OCH3 is 2. The highest BCUT2D eigenvalue weighted by Gasteiger charge is 2.19. The van der Waals surface area contributed by atoms with Gasteiger partial charge in [0.05, 0.1) is 24.8 Å². The van der Waals surface area contributed by atoms with Crippen LogP contribution in [0.3, 0.4) is 0 Å². The van der Waals surface area contributed by atoms with Crippen molar-refractivity contribution >= 4 is 31.6 Å². The van der Waals surface area contributed by atoms with E-state index in [4.69, 9.17) is 9.47 Å². The summed E-state index contributed by atoms with van der Waals surface area (Å²) in [5.41, 5.74) is -0.224. The molecule has 0 bridgehead atoms. The number of ether oxygens (including phenoxy) is 2. The van der Waals surface area contributed by atoms with Gasteiger partial charge in [-0.3, -0.25) is 4.72 Å². The maximum absolute atomic E-state index is 14.0. The Balaban J connectivity index is 2.42. The van der Waals surface area contributed by atoms with Gasteiger partial charge in [-0.15, -0.1) is 0 Å². The summed E-state index contributed by atoms with van der Waals surface area (Å²) in [6.45, 7) is 0. The molecule has 5 nitrogen and oxygen atoms in total. The Hall–Kier alpha value is -1.80. The Morgan fingerprint density at radius 2 is 1.73 bits per heavy atom. The second-order valence-electron chi connectivity index (χ2n) is 4.25. The van der Waals surface area contributed by atoms with Gasteiger partial charge in [0.15, 0.2) is 17.3 Å². The van der Waals surface area contributed by atoms with Gasteiger partial charge in [0.1, 0.15) is 0 Å². The highest BCUT2D eigenvalue weighted by atomic mass is 79.9. The molecule has 2 rings (SSSR count). The van der Waals surface area contributed by atoms with Crippen molar-refractivity contribution in [3.63, 3.8) is 0 Å². The summed E-state index contributed by atoms with van der Waals surface area (Å²) < 4.78 is 51.4. The monoisotopic (exact) mass is 389 g/mol. The van der Waals surface area contributed by atoms with Gasteiger partial charge in [-0.25, -0.2) is 12.8 Å². The molecule has 1 N–H and O–H groups in total. The van der Waals surface area contributed by atoms with Crippen LogP contribution < -0.4 is 14.2 Å². The van der Waals surface area contributed by atoms with E-state index in [1.165, 1.54) is 32.4 Å². The molecule has 0 fully saturated rings. The van der Waals surface area contributed by atoms with Gasteiger partial charge in [0, 0.05) is 16.6 Å². The molecule has 0 radical (unpaired) electrons. The second-order valence-corrected chi connectivity index (χ2v) is 6.85. The van der Waals surface area contributed by atoms with E-state index in [-0.39, 0.29) is 22.1 Å². The maximum Gasteiger partial charge on any atom is 0.262 e. The molecule has 118 valence electrons. The fourth-order valence-corrected chi connectivity index (χ4v) is 3.42. The topological polar surface area (TPSA) is 64.6 Å². The first-order chi connectivity index (χ1) is 10.4. The van der Waals surface area contributed by atoms with Crippen LogP contribution in [-0.4, -0.2) is 22.6 Å². The third-order valence-corrected chi connectivity index (χ3v) is 4.68. The standard InChI is InChI=1S/C14H13BrFNO4S/c1-20-13-7-11(16)12(8-14(13)21-2)17-22(18,19)10-5-3-4-9(15)6-10/h3-8,17H,1-2H3. The fraction of sp³-hybridized carbons (Fsp3) is 0.143. The van der Waals surface area contributed by atoms with Crippen molar-refractivity contribution in [2.75, 3.05) is 18.9 Å². The Labute approximate surface area is 136 Å². The minimum absolute atomic E-state index is 0.0102. The second kappa shape index (κ2) is 6.53. The molecule has 0 aliphatic rings. The van der Waals surface area contributed by atoms with Crippen LogP contribution in [0, 0.1) is 5.82 Å². The molecule has 8 heteroatoms. The van der Waals surface area contributed by atoms with Crippen LogP contribution in [0.2, 0.25) is 0 Å². The zero-order valence-electron chi connectivity index (χ0n) is 11.8. The van der Waals surface area contributed by atoms with E-state index in [0.29, 0.717) is 4.47 Å². The summed E-state index contributed by atoms with van der Waals surface area (Å²) in [5, 5.41) is 0. The number of hydrogen-bond donors (Lipinski definition) is 1. The lowest BCUT2D eigenvalue weighted by Crippen LogP contribution is -2.14. The molecule has 22 heavy (non-hydrogen) atoms. The predicted octanol–water partition coefficient (Wildman–Crippen LogP) is 3.41. The van der Waals surface area contributed by atoms with Crippen molar-refractivity contribution in [2.45, 2.75) is 4.90 Å². The van der Waals surface area contributed by atoms with E-state index in [0.717, 1.165) is 6.07 Å². The summed E-state index contributed by atoms with van der Waals surface area (Å²) >= 11 is 3.19. The quantitative estimate of drug-likeness (QED) is 0.850. The molecule has 0 aliphatic heterocycles. The lowest BCUT2D eigenvalue weighted by atomic mass is 10.2. The maximum atomic E-state index is 14.0. The van der Waals surface area contributed by atoms with Crippen LogP contribution in [-0.2, 0) is 10.0 Å². The Kier molecular flexibility index (Phi) is 4.92. The highest BCUT2D eigenvalue weighted by molar-refractivity contribution is 9.10. The van der Waals surface area contributed by atoms with Crippen molar-refractivity contribution in [3.05, 3.63) is 46.7 Å². The first-order valence-corrected chi connectivity index (χ1v) is 8.35. The van der Waals surface area contributed by atoms with E-state index < -0.39 is 15.8 Å². The molecule has 2 aromatic rings. The summed E-state index contributed by atoms with van der Waals surface area (Å²) in [5.74, 6) is -0.377. The van der Waals surface area contributed by atoms with Crippen LogP contribution >= 0.6 is 15.9 Å². The van der Waals surface area contributed by atoms with Gasteiger partial charge in [0.2, 0.25) is 0 Å². The summed E-state index contributed by atoms with van der Waals surface area (Å²) in [7, 11) is -1.18. The number of benzene rings is 2. The molecule has 0 spiro atoms. The fourth-order valence-electron chi connectivity index (χ4n) is 1.77. The first-order valence-electron chi connectivity index (χ1n) is 6.07.